The average Bonchev–Trinajstić information content (AvgIpc) is 2.92. The second-order valence-corrected chi connectivity index (χ2v) is 5.64. The highest BCUT2D eigenvalue weighted by molar-refractivity contribution is 6.42. The van der Waals surface area contributed by atoms with Crippen LogP contribution in [0.15, 0.2) is 18.3 Å². The third-order valence-electron chi connectivity index (χ3n) is 3.67. The van der Waals surface area contributed by atoms with Crippen molar-refractivity contribution >= 4 is 23.2 Å². The summed E-state index contributed by atoms with van der Waals surface area (Å²) in [5.41, 5.74) is 3.08. The maximum atomic E-state index is 10.0. The fourth-order valence-electron chi connectivity index (χ4n) is 2.73. The highest BCUT2D eigenvalue weighted by Crippen LogP contribution is 2.43. The number of aromatic nitrogens is 2. The lowest BCUT2D eigenvalue weighted by Gasteiger charge is -2.15. The predicted octanol–water partition coefficient (Wildman–Crippen LogP) is 3.80. The van der Waals surface area contributed by atoms with Gasteiger partial charge in [-0.05, 0) is 43.4 Å². The van der Waals surface area contributed by atoms with Gasteiger partial charge in [-0.3, -0.25) is 4.68 Å². The molecule has 1 unspecified atom stereocenters. The Kier molecular flexibility index (Phi) is 3.19. The molecular weight excluding hydrogens is 283 g/mol. The summed E-state index contributed by atoms with van der Waals surface area (Å²) in [5, 5.41) is 15.5. The summed E-state index contributed by atoms with van der Waals surface area (Å²) in [6, 6.07) is 3.22. The van der Waals surface area contributed by atoms with Crippen LogP contribution in [0.3, 0.4) is 0 Å². The van der Waals surface area contributed by atoms with Crippen LogP contribution in [0.2, 0.25) is 10.0 Å². The number of aromatic hydroxyl groups is 1. The maximum absolute atomic E-state index is 10.0. The predicted molar refractivity (Wildman–Crippen MR) is 76.2 cm³/mol. The molecular formula is C14H14Cl2N2O. The Hall–Kier alpha value is -1.19. The van der Waals surface area contributed by atoms with Gasteiger partial charge in [-0.25, -0.2) is 0 Å². The molecule has 0 saturated heterocycles. The van der Waals surface area contributed by atoms with E-state index in [4.69, 9.17) is 23.2 Å². The van der Waals surface area contributed by atoms with E-state index in [2.05, 4.69) is 18.2 Å². The summed E-state index contributed by atoms with van der Waals surface area (Å²) in [6.07, 6.45) is 3.73. The van der Waals surface area contributed by atoms with Crippen molar-refractivity contribution in [2.75, 3.05) is 0 Å². The molecule has 100 valence electrons. The molecule has 1 heterocycles. The Labute approximate surface area is 121 Å². The zero-order valence-corrected chi connectivity index (χ0v) is 12.0. The van der Waals surface area contributed by atoms with Crippen LogP contribution in [0.5, 0.6) is 5.75 Å². The molecule has 3 nitrogen and oxygen atoms in total. The number of aryl methyl sites for hydroxylation is 1. The van der Waals surface area contributed by atoms with Gasteiger partial charge in [-0.1, -0.05) is 23.2 Å². The number of hydrogen-bond donors (Lipinski definition) is 1. The van der Waals surface area contributed by atoms with Crippen LogP contribution in [-0.4, -0.2) is 14.9 Å². The molecule has 0 aliphatic heterocycles. The standard InChI is InChI=1S/C14H14Cl2N2O/c1-2-18-7-9-5-8(6-11(9)17-18)13-12(19)4-3-10(15)14(13)16/h3-4,7-8,19H,2,5-6H2,1H3. The van der Waals surface area contributed by atoms with Crippen LogP contribution in [0.25, 0.3) is 0 Å². The van der Waals surface area contributed by atoms with Crippen molar-refractivity contribution in [3.8, 4) is 5.75 Å². The maximum Gasteiger partial charge on any atom is 0.120 e. The number of benzene rings is 1. The Morgan fingerprint density at radius 1 is 1.37 bits per heavy atom. The number of phenolic OH excluding ortho intramolecular Hbond substituents is 1. The van der Waals surface area contributed by atoms with E-state index in [0.717, 1.165) is 30.6 Å². The van der Waals surface area contributed by atoms with Crippen LogP contribution in [0.1, 0.15) is 29.7 Å². The molecule has 0 spiro atoms. The van der Waals surface area contributed by atoms with Crippen molar-refractivity contribution in [1.82, 2.24) is 9.78 Å². The van der Waals surface area contributed by atoms with Gasteiger partial charge in [0.25, 0.3) is 0 Å². The van der Waals surface area contributed by atoms with Gasteiger partial charge in [0.15, 0.2) is 0 Å². The lowest BCUT2D eigenvalue weighted by molar-refractivity contribution is 0.461. The Morgan fingerprint density at radius 2 is 2.16 bits per heavy atom. The van der Waals surface area contributed by atoms with Crippen molar-refractivity contribution in [1.29, 1.82) is 0 Å². The van der Waals surface area contributed by atoms with E-state index in [1.807, 2.05) is 4.68 Å². The normalized spacial score (nSPS) is 17.7. The number of fused-ring (bicyclic) bond motifs is 1. The third kappa shape index (κ3) is 2.11. The molecule has 1 N–H and O–H groups in total. The first-order chi connectivity index (χ1) is 9.10. The number of nitrogens with zero attached hydrogens (tertiary/aromatic N) is 2. The summed E-state index contributed by atoms with van der Waals surface area (Å²) >= 11 is 12.3. The van der Waals surface area contributed by atoms with Gasteiger partial charge in [0.05, 0.1) is 15.7 Å². The Balaban J connectivity index is 1.95. The second kappa shape index (κ2) is 4.73. The minimum Gasteiger partial charge on any atom is -0.508 e. The first kappa shape index (κ1) is 12.8. The lowest BCUT2D eigenvalue weighted by atomic mass is 9.95. The number of rotatable bonds is 2. The fraction of sp³-hybridized carbons (Fsp3) is 0.357. The van der Waals surface area contributed by atoms with Crippen LogP contribution in [0.4, 0.5) is 0 Å². The van der Waals surface area contributed by atoms with E-state index in [1.54, 1.807) is 12.1 Å². The molecule has 1 aromatic heterocycles. The van der Waals surface area contributed by atoms with Gasteiger partial charge in [0, 0.05) is 18.3 Å². The van der Waals surface area contributed by atoms with E-state index in [9.17, 15) is 5.11 Å². The SMILES string of the molecule is CCn1cc2c(n1)CC(c1c(O)ccc(Cl)c1Cl)C2. The molecule has 0 saturated carbocycles. The summed E-state index contributed by atoms with van der Waals surface area (Å²) in [7, 11) is 0. The van der Waals surface area contributed by atoms with Crippen molar-refractivity contribution in [2.45, 2.75) is 32.2 Å². The van der Waals surface area contributed by atoms with Crippen LogP contribution in [0, 0.1) is 0 Å². The molecule has 0 amide bonds. The molecule has 3 rings (SSSR count). The molecule has 1 aliphatic carbocycles. The van der Waals surface area contributed by atoms with Gasteiger partial charge in [0.2, 0.25) is 0 Å². The largest absolute Gasteiger partial charge is 0.508 e. The van der Waals surface area contributed by atoms with Crippen LogP contribution in [-0.2, 0) is 19.4 Å². The molecule has 19 heavy (non-hydrogen) atoms. The minimum atomic E-state index is 0.162. The van der Waals surface area contributed by atoms with E-state index >= 15 is 0 Å². The van der Waals surface area contributed by atoms with Crippen molar-refractivity contribution in [3.63, 3.8) is 0 Å². The average molecular weight is 297 g/mol. The van der Waals surface area contributed by atoms with E-state index in [-0.39, 0.29) is 11.7 Å². The summed E-state index contributed by atoms with van der Waals surface area (Å²) in [5.74, 6) is 0.378. The zero-order valence-electron chi connectivity index (χ0n) is 10.5. The Bertz CT molecular complexity index is 613. The van der Waals surface area contributed by atoms with E-state index in [1.165, 1.54) is 5.56 Å². The first-order valence-corrected chi connectivity index (χ1v) is 7.07. The molecule has 0 radical (unpaired) electrons. The molecule has 0 bridgehead atoms. The summed E-state index contributed by atoms with van der Waals surface area (Å²) in [6.45, 7) is 2.94. The highest BCUT2D eigenvalue weighted by atomic mass is 35.5. The third-order valence-corrected chi connectivity index (χ3v) is 4.49. The number of phenols is 1. The molecule has 2 aromatic rings. The van der Waals surface area contributed by atoms with Crippen LogP contribution >= 0.6 is 23.2 Å². The van der Waals surface area contributed by atoms with E-state index in [0.29, 0.717) is 10.0 Å². The summed E-state index contributed by atoms with van der Waals surface area (Å²) in [4.78, 5) is 0. The van der Waals surface area contributed by atoms with E-state index < -0.39 is 0 Å². The lowest BCUT2D eigenvalue weighted by Crippen LogP contribution is -2.03. The van der Waals surface area contributed by atoms with Gasteiger partial charge < -0.3 is 5.11 Å². The highest BCUT2D eigenvalue weighted by Gasteiger charge is 2.29. The van der Waals surface area contributed by atoms with Crippen molar-refractivity contribution in [2.24, 2.45) is 0 Å². The first-order valence-electron chi connectivity index (χ1n) is 6.32. The topological polar surface area (TPSA) is 38.0 Å². The van der Waals surface area contributed by atoms with Gasteiger partial charge in [0.1, 0.15) is 5.75 Å². The van der Waals surface area contributed by atoms with Crippen LogP contribution < -0.4 is 0 Å². The molecule has 1 aromatic carbocycles. The second-order valence-electron chi connectivity index (χ2n) is 4.86. The molecule has 1 aliphatic rings. The minimum absolute atomic E-state index is 0.162. The quantitative estimate of drug-likeness (QED) is 0.915. The zero-order chi connectivity index (χ0) is 13.6. The number of hydrogen-bond acceptors (Lipinski definition) is 2. The molecule has 1 atom stereocenters. The van der Waals surface area contributed by atoms with Gasteiger partial charge >= 0.3 is 0 Å². The number of halogens is 2. The van der Waals surface area contributed by atoms with Gasteiger partial charge in [-0.15, -0.1) is 0 Å². The van der Waals surface area contributed by atoms with Crippen molar-refractivity contribution < 1.29 is 5.11 Å². The summed E-state index contributed by atoms with van der Waals surface area (Å²) < 4.78 is 1.94. The Morgan fingerprint density at radius 3 is 2.84 bits per heavy atom. The fourth-order valence-corrected chi connectivity index (χ4v) is 3.21. The molecule has 0 fully saturated rings. The molecule has 5 heteroatoms. The monoisotopic (exact) mass is 296 g/mol. The smallest absolute Gasteiger partial charge is 0.120 e. The van der Waals surface area contributed by atoms with Crippen molar-refractivity contribution in [3.05, 3.63) is 45.2 Å². The van der Waals surface area contributed by atoms with Gasteiger partial charge in [-0.2, -0.15) is 5.10 Å².